The summed E-state index contributed by atoms with van der Waals surface area (Å²) >= 11 is 1.43. The summed E-state index contributed by atoms with van der Waals surface area (Å²) in [6.07, 6.45) is 6.30. The normalized spacial score (nSPS) is 20.0. The molecule has 6 nitrogen and oxygen atoms in total. The number of carbonyl (C=O) groups excluding carboxylic acids is 1. The van der Waals surface area contributed by atoms with Crippen LogP contribution in [0.3, 0.4) is 0 Å². The molecule has 0 aliphatic heterocycles. The molecule has 3 rings (SSSR count). The lowest BCUT2D eigenvalue weighted by Crippen LogP contribution is -2.40. The van der Waals surface area contributed by atoms with Crippen molar-refractivity contribution < 1.29 is 9.53 Å². The molecule has 1 aromatic heterocycles. The van der Waals surface area contributed by atoms with Crippen LogP contribution in [0.1, 0.15) is 32.6 Å². The summed E-state index contributed by atoms with van der Waals surface area (Å²) in [5.41, 5.74) is 0.945. The highest BCUT2D eigenvalue weighted by atomic mass is 32.2. The predicted molar refractivity (Wildman–Crippen MR) is 103 cm³/mol. The molecule has 0 unspecified atom stereocenters. The molecule has 1 aliphatic rings. The van der Waals surface area contributed by atoms with Gasteiger partial charge in [0.15, 0.2) is 5.16 Å². The first-order chi connectivity index (χ1) is 12.6. The van der Waals surface area contributed by atoms with E-state index in [1.807, 2.05) is 40.8 Å². The Morgan fingerprint density at radius 3 is 2.62 bits per heavy atom. The molecule has 7 heteroatoms. The quantitative estimate of drug-likeness (QED) is 0.725. The van der Waals surface area contributed by atoms with Crippen LogP contribution in [-0.4, -0.2) is 51.5 Å². The van der Waals surface area contributed by atoms with Gasteiger partial charge in [0.2, 0.25) is 5.91 Å². The van der Waals surface area contributed by atoms with Crippen LogP contribution in [0.15, 0.2) is 35.7 Å². The van der Waals surface area contributed by atoms with Gasteiger partial charge in [-0.1, -0.05) is 18.7 Å². The topological polar surface area (TPSA) is 60.2 Å². The summed E-state index contributed by atoms with van der Waals surface area (Å²) in [7, 11) is 3.57. The van der Waals surface area contributed by atoms with Gasteiger partial charge in [-0.3, -0.25) is 9.36 Å². The highest BCUT2D eigenvalue weighted by Crippen LogP contribution is 2.27. The maximum atomic E-state index is 12.6. The Balaban J connectivity index is 1.59. The van der Waals surface area contributed by atoms with Crippen LogP contribution in [0, 0.1) is 5.92 Å². The number of rotatable bonds is 6. The van der Waals surface area contributed by atoms with Crippen LogP contribution in [0.2, 0.25) is 0 Å². The van der Waals surface area contributed by atoms with Crippen LogP contribution >= 0.6 is 11.8 Å². The van der Waals surface area contributed by atoms with Crippen molar-refractivity contribution in [2.75, 3.05) is 19.9 Å². The molecule has 0 spiro atoms. The lowest BCUT2D eigenvalue weighted by Gasteiger charge is -2.33. The van der Waals surface area contributed by atoms with Gasteiger partial charge in [-0.15, -0.1) is 10.2 Å². The minimum atomic E-state index is 0.152. The van der Waals surface area contributed by atoms with Gasteiger partial charge < -0.3 is 9.64 Å². The standard InChI is InChI=1S/C19H26N4O2S/c1-14-4-6-15(7-5-14)22(2)18(24)12-26-19-21-20-13-23(19)16-8-10-17(25-3)11-9-16/h8-11,13-15H,4-7,12H2,1-3H3. The van der Waals surface area contributed by atoms with Crippen molar-refractivity contribution in [2.24, 2.45) is 5.92 Å². The Labute approximate surface area is 158 Å². The molecule has 1 fully saturated rings. The van der Waals surface area contributed by atoms with Crippen molar-refractivity contribution in [3.05, 3.63) is 30.6 Å². The van der Waals surface area contributed by atoms with E-state index < -0.39 is 0 Å². The number of ether oxygens (including phenoxy) is 1. The van der Waals surface area contributed by atoms with Gasteiger partial charge in [0.1, 0.15) is 12.1 Å². The predicted octanol–water partition coefficient (Wildman–Crippen LogP) is 3.41. The van der Waals surface area contributed by atoms with Gasteiger partial charge in [-0.2, -0.15) is 0 Å². The summed E-state index contributed by atoms with van der Waals surface area (Å²) in [5, 5.41) is 8.88. The lowest BCUT2D eigenvalue weighted by atomic mass is 9.87. The zero-order valence-corrected chi connectivity index (χ0v) is 16.4. The number of benzene rings is 1. The number of carbonyl (C=O) groups is 1. The first-order valence-electron chi connectivity index (χ1n) is 9.01. The molecule has 140 valence electrons. The van der Waals surface area contributed by atoms with E-state index in [9.17, 15) is 4.79 Å². The van der Waals surface area contributed by atoms with Gasteiger partial charge in [0.25, 0.3) is 0 Å². The Kier molecular flexibility index (Phi) is 6.19. The van der Waals surface area contributed by atoms with Gasteiger partial charge in [-0.25, -0.2) is 0 Å². The van der Waals surface area contributed by atoms with Crippen molar-refractivity contribution in [3.8, 4) is 11.4 Å². The number of aromatic nitrogens is 3. The smallest absolute Gasteiger partial charge is 0.233 e. The average molecular weight is 375 g/mol. The van der Waals surface area contributed by atoms with Gasteiger partial charge in [-0.05, 0) is 55.9 Å². The molecule has 2 aromatic rings. The summed E-state index contributed by atoms with van der Waals surface area (Å²) in [4.78, 5) is 14.5. The third-order valence-corrected chi connectivity index (χ3v) is 6.05. The summed E-state index contributed by atoms with van der Waals surface area (Å²) in [5.74, 6) is 2.11. The number of methoxy groups -OCH3 is 1. The molecule has 26 heavy (non-hydrogen) atoms. The number of thioether (sulfide) groups is 1. The molecule has 1 heterocycles. The fraction of sp³-hybridized carbons (Fsp3) is 0.526. The average Bonchev–Trinajstić information content (AvgIpc) is 3.14. The first-order valence-corrected chi connectivity index (χ1v) is 10.00. The molecule has 1 aromatic carbocycles. The second-order valence-corrected chi connectivity index (χ2v) is 7.83. The maximum Gasteiger partial charge on any atom is 0.233 e. The Hall–Kier alpha value is -2.02. The van der Waals surface area contributed by atoms with E-state index in [0.29, 0.717) is 17.0 Å². The van der Waals surface area contributed by atoms with Gasteiger partial charge in [0, 0.05) is 18.8 Å². The van der Waals surface area contributed by atoms with E-state index in [2.05, 4.69) is 17.1 Å². The molecule has 1 aliphatic carbocycles. The van der Waals surface area contributed by atoms with Crippen LogP contribution in [0.4, 0.5) is 0 Å². The van der Waals surface area contributed by atoms with Crippen molar-refractivity contribution in [1.29, 1.82) is 0 Å². The number of hydrogen-bond acceptors (Lipinski definition) is 5. The Bertz CT molecular complexity index is 723. The van der Waals surface area contributed by atoms with E-state index >= 15 is 0 Å². The molecule has 0 radical (unpaired) electrons. The van der Waals surface area contributed by atoms with E-state index in [0.717, 1.165) is 30.2 Å². The lowest BCUT2D eigenvalue weighted by molar-refractivity contribution is -0.129. The second kappa shape index (κ2) is 8.58. The summed E-state index contributed by atoms with van der Waals surface area (Å²) in [6.45, 7) is 2.29. The molecule has 1 saturated carbocycles. The van der Waals surface area contributed by atoms with Gasteiger partial charge >= 0.3 is 0 Å². The third-order valence-electron chi connectivity index (χ3n) is 5.12. The minimum Gasteiger partial charge on any atom is -0.497 e. The third kappa shape index (κ3) is 4.38. The van der Waals surface area contributed by atoms with Crippen molar-refractivity contribution >= 4 is 17.7 Å². The Morgan fingerprint density at radius 1 is 1.27 bits per heavy atom. The zero-order chi connectivity index (χ0) is 18.5. The largest absolute Gasteiger partial charge is 0.497 e. The van der Waals surface area contributed by atoms with E-state index in [4.69, 9.17) is 4.74 Å². The van der Waals surface area contributed by atoms with Crippen LogP contribution in [0.5, 0.6) is 5.75 Å². The minimum absolute atomic E-state index is 0.152. The molecular weight excluding hydrogens is 348 g/mol. The second-order valence-electron chi connectivity index (χ2n) is 6.89. The van der Waals surface area contributed by atoms with Crippen molar-refractivity contribution in [2.45, 2.75) is 43.8 Å². The van der Waals surface area contributed by atoms with Gasteiger partial charge in [0.05, 0.1) is 12.9 Å². The first kappa shape index (κ1) is 18.8. The number of nitrogens with zero attached hydrogens (tertiary/aromatic N) is 4. The molecule has 0 bridgehead atoms. The molecule has 1 amide bonds. The fourth-order valence-electron chi connectivity index (χ4n) is 3.30. The van der Waals surface area contributed by atoms with E-state index in [-0.39, 0.29) is 5.91 Å². The highest BCUT2D eigenvalue weighted by Gasteiger charge is 2.25. The van der Waals surface area contributed by atoms with Crippen LogP contribution in [0.25, 0.3) is 5.69 Å². The SMILES string of the molecule is COc1ccc(-n2cnnc2SCC(=O)N(C)C2CCC(C)CC2)cc1. The Morgan fingerprint density at radius 2 is 1.96 bits per heavy atom. The maximum absolute atomic E-state index is 12.6. The number of hydrogen-bond donors (Lipinski definition) is 0. The monoisotopic (exact) mass is 374 g/mol. The summed E-state index contributed by atoms with van der Waals surface area (Å²) in [6, 6.07) is 8.06. The van der Waals surface area contributed by atoms with Crippen molar-refractivity contribution in [3.63, 3.8) is 0 Å². The fourth-order valence-corrected chi connectivity index (χ4v) is 4.16. The highest BCUT2D eigenvalue weighted by molar-refractivity contribution is 7.99. The van der Waals surface area contributed by atoms with Crippen LogP contribution < -0.4 is 4.74 Å². The van der Waals surface area contributed by atoms with E-state index in [1.165, 1.54) is 24.6 Å². The van der Waals surface area contributed by atoms with Crippen molar-refractivity contribution in [1.82, 2.24) is 19.7 Å². The number of amides is 1. The molecular formula is C19H26N4O2S. The van der Waals surface area contributed by atoms with Crippen LogP contribution in [-0.2, 0) is 4.79 Å². The van der Waals surface area contributed by atoms with E-state index in [1.54, 1.807) is 13.4 Å². The molecule has 0 atom stereocenters. The molecule has 0 N–H and O–H groups in total. The zero-order valence-electron chi connectivity index (χ0n) is 15.6. The summed E-state index contributed by atoms with van der Waals surface area (Å²) < 4.78 is 7.08. The molecule has 0 saturated heterocycles.